The standard InChI is InChI=1S/C23H23N7O/c1-16-17(2)30(15-27-16)21-13-20(25-14-26-21)28-9-11-29(12-10-28)23(31)22-19-6-4-3-5-18(19)7-8-24-22/h3-8,13-15H,9-12H2,1-2H3. The van der Waals surface area contributed by atoms with Gasteiger partial charge in [-0.15, -0.1) is 0 Å². The lowest BCUT2D eigenvalue weighted by atomic mass is 10.1. The SMILES string of the molecule is Cc1ncn(-c2cc(N3CCN(C(=O)c4nccc5ccccc45)CC3)ncn2)c1C. The monoisotopic (exact) mass is 413 g/mol. The molecule has 0 atom stereocenters. The quantitative estimate of drug-likeness (QED) is 0.514. The predicted octanol–water partition coefficient (Wildman–Crippen LogP) is 2.79. The van der Waals surface area contributed by atoms with Crippen LogP contribution >= 0.6 is 0 Å². The van der Waals surface area contributed by atoms with Crippen LogP contribution in [0, 0.1) is 13.8 Å². The van der Waals surface area contributed by atoms with Crippen LogP contribution in [0.3, 0.4) is 0 Å². The first-order chi connectivity index (χ1) is 15.1. The van der Waals surface area contributed by atoms with Gasteiger partial charge in [0.1, 0.15) is 30.0 Å². The number of benzene rings is 1. The summed E-state index contributed by atoms with van der Waals surface area (Å²) >= 11 is 0. The Bertz CT molecular complexity index is 1250. The van der Waals surface area contributed by atoms with Crippen molar-refractivity contribution in [3.8, 4) is 5.82 Å². The first kappa shape index (κ1) is 19.2. The largest absolute Gasteiger partial charge is 0.353 e. The molecule has 1 aliphatic heterocycles. The molecule has 5 rings (SSSR count). The number of aromatic nitrogens is 5. The highest BCUT2D eigenvalue weighted by atomic mass is 16.2. The molecule has 1 amide bonds. The molecule has 1 aromatic carbocycles. The van der Waals surface area contributed by atoms with Crippen LogP contribution in [0.5, 0.6) is 0 Å². The smallest absolute Gasteiger partial charge is 0.273 e. The second-order valence-corrected chi connectivity index (χ2v) is 7.68. The number of pyridine rings is 1. The molecule has 0 aliphatic carbocycles. The zero-order chi connectivity index (χ0) is 21.4. The molecule has 1 saturated heterocycles. The molecule has 4 aromatic rings. The molecule has 0 unspecified atom stereocenters. The van der Waals surface area contributed by atoms with E-state index in [2.05, 4.69) is 24.8 Å². The molecule has 1 aliphatic rings. The van der Waals surface area contributed by atoms with Gasteiger partial charge in [0.15, 0.2) is 0 Å². The van der Waals surface area contributed by atoms with E-state index < -0.39 is 0 Å². The minimum absolute atomic E-state index is 0.0238. The van der Waals surface area contributed by atoms with E-state index in [1.54, 1.807) is 18.9 Å². The second-order valence-electron chi connectivity index (χ2n) is 7.68. The summed E-state index contributed by atoms with van der Waals surface area (Å²) in [6.07, 6.45) is 5.07. The fraction of sp³-hybridized carbons (Fsp3) is 0.261. The lowest BCUT2D eigenvalue weighted by Crippen LogP contribution is -2.49. The Balaban J connectivity index is 1.32. The van der Waals surface area contributed by atoms with Crippen molar-refractivity contribution in [1.29, 1.82) is 0 Å². The maximum atomic E-state index is 13.1. The first-order valence-electron chi connectivity index (χ1n) is 10.3. The van der Waals surface area contributed by atoms with Crippen LogP contribution in [0.1, 0.15) is 21.9 Å². The molecule has 31 heavy (non-hydrogen) atoms. The Labute approximate surface area is 180 Å². The maximum Gasteiger partial charge on any atom is 0.273 e. The summed E-state index contributed by atoms with van der Waals surface area (Å²) in [6.45, 7) is 6.65. The van der Waals surface area contributed by atoms with E-state index in [0.717, 1.165) is 33.8 Å². The van der Waals surface area contributed by atoms with Gasteiger partial charge in [0.05, 0.1) is 5.69 Å². The Kier molecular flexibility index (Phi) is 4.82. The van der Waals surface area contributed by atoms with Gasteiger partial charge in [-0.25, -0.2) is 15.0 Å². The highest BCUT2D eigenvalue weighted by Crippen LogP contribution is 2.21. The average molecular weight is 413 g/mol. The summed E-state index contributed by atoms with van der Waals surface area (Å²) in [5, 5.41) is 1.92. The van der Waals surface area contributed by atoms with Crippen LogP contribution in [-0.2, 0) is 0 Å². The topological polar surface area (TPSA) is 80.0 Å². The van der Waals surface area contributed by atoms with Gasteiger partial charge < -0.3 is 9.80 Å². The lowest BCUT2D eigenvalue weighted by molar-refractivity contribution is 0.0743. The molecule has 0 radical (unpaired) electrons. The van der Waals surface area contributed by atoms with Crippen molar-refractivity contribution < 1.29 is 4.79 Å². The van der Waals surface area contributed by atoms with E-state index in [1.807, 2.05) is 59.7 Å². The average Bonchev–Trinajstić information content (AvgIpc) is 3.16. The van der Waals surface area contributed by atoms with Crippen molar-refractivity contribution in [1.82, 2.24) is 29.4 Å². The van der Waals surface area contributed by atoms with Gasteiger partial charge in [-0.05, 0) is 25.3 Å². The van der Waals surface area contributed by atoms with E-state index in [9.17, 15) is 4.79 Å². The van der Waals surface area contributed by atoms with Crippen molar-refractivity contribution in [3.05, 3.63) is 72.3 Å². The number of aryl methyl sites for hydroxylation is 1. The van der Waals surface area contributed by atoms with Gasteiger partial charge in [-0.3, -0.25) is 14.3 Å². The highest BCUT2D eigenvalue weighted by molar-refractivity contribution is 6.05. The van der Waals surface area contributed by atoms with Crippen LogP contribution in [0.25, 0.3) is 16.6 Å². The van der Waals surface area contributed by atoms with E-state index in [-0.39, 0.29) is 5.91 Å². The molecule has 4 heterocycles. The van der Waals surface area contributed by atoms with Crippen molar-refractivity contribution in [2.24, 2.45) is 0 Å². The number of anilines is 1. The molecule has 8 heteroatoms. The van der Waals surface area contributed by atoms with Gasteiger partial charge in [0.25, 0.3) is 5.91 Å². The van der Waals surface area contributed by atoms with Gasteiger partial charge in [0.2, 0.25) is 0 Å². The third-order valence-corrected chi connectivity index (χ3v) is 5.90. The third kappa shape index (κ3) is 3.50. The Hall–Kier alpha value is -3.81. The molecule has 8 nitrogen and oxygen atoms in total. The normalized spacial score (nSPS) is 14.3. The first-order valence-corrected chi connectivity index (χ1v) is 10.3. The van der Waals surface area contributed by atoms with E-state index in [0.29, 0.717) is 31.9 Å². The molecule has 156 valence electrons. The Morgan fingerprint density at radius 1 is 0.903 bits per heavy atom. The summed E-state index contributed by atoms with van der Waals surface area (Å²) in [7, 11) is 0. The summed E-state index contributed by atoms with van der Waals surface area (Å²) in [4.78, 5) is 34.8. The number of hydrogen-bond acceptors (Lipinski definition) is 6. The molecule has 0 saturated carbocycles. The summed E-state index contributed by atoms with van der Waals surface area (Å²) in [5.74, 6) is 1.62. The number of amides is 1. The van der Waals surface area contributed by atoms with Crippen LogP contribution in [-0.4, -0.2) is 61.5 Å². The van der Waals surface area contributed by atoms with Crippen LogP contribution in [0.15, 0.2) is 55.2 Å². The predicted molar refractivity (Wildman–Crippen MR) is 118 cm³/mol. The Morgan fingerprint density at radius 3 is 2.45 bits per heavy atom. The molecule has 0 bridgehead atoms. The maximum absolute atomic E-state index is 13.1. The van der Waals surface area contributed by atoms with Crippen LogP contribution in [0.2, 0.25) is 0 Å². The van der Waals surface area contributed by atoms with Gasteiger partial charge in [-0.1, -0.05) is 24.3 Å². The second kappa shape index (κ2) is 7.79. The zero-order valence-electron chi connectivity index (χ0n) is 17.6. The number of nitrogens with zero attached hydrogens (tertiary/aromatic N) is 7. The van der Waals surface area contributed by atoms with Crippen molar-refractivity contribution in [2.75, 3.05) is 31.1 Å². The molecular formula is C23H23N7O. The van der Waals surface area contributed by atoms with Crippen molar-refractivity contribution in [2.45, 2.75) is 13.8 Å². The number of fused-ring (bicyclic) bond motifs is 1. The van der Waals surface area contributed by atoms with Crippen LogP contribution in [0.4, 0.5) is 5.82 Å². The molecule has 0 N–H and O–H groups in total. The zero-order valence-corrected chi connectivity index (χ0v) is 17.6. The number of carbonyl (C=O) groups excluding carboxylic acids is 1. The number of rotatable bonds is 3. The number of piperazine rings is 1. The molecular weight excluding hydrogens is 390 g/mol. The van der Waals surface area contributed by atoms with Gasteiger partial charge in [0, 0.05) is 49.5 Å². The highest BCUT2D eigenvalue weighted by Gasteiger charge is 2.25. The van der Waals surface area contributed by atoms with E-state index in [1.165, 1.54) is 0 Å². The third-order valence-electron chi connectivity index (χ3n) is 5.90. The molecule has 0 spiro atoms. The summed E-state index contributed by atoms with van der Waals surface area (Å²) in [6, 6.07) is 11.8. The van der Waals surface area contributed by atoms with E-state index >= 15 is 0 Å². The summed E-state index contributed by atoms with van der Waals surface area (Å²) in [5.41, 5.74) is 2.55. The van der Waals surface area contributed by atoms with Crippen molar-refractivity contribution in [3.63, 3.8) is 0 Å². The molecule has 3 aromatic heterocycles. The van der Waals surface area contributed by atoms with Crippen LogP contribution < -0.4 is 4.90 Å². The molecule has 1 fully saturated rings. The van der Waals surface area contributed by atoms with E-state index in [4.69, 9.17) is 0 Å². The summed E-state index contributed by atoms with van der Waals surface area (Å²) < 4.78 is 1.96. The lowest BCUT2D eigenvalue weighted by Gasteiger charge is -2.35. The minimum Gasteiger partial charge on any atom is -0.353 e. The minimum atomic E-state index is -0.0238. The fourth-order valence-corrected chi connectivity index (χ4v) is 3.95. The number of imidazole rings is 1. The van der Waals surface area contributed by atoms with Gasteiger partial charge in [-0.2, -0.15) is 0 Å². The Morgan fingerprint density at radius 2 is 1.68 bits per heavy atom. The van der Waals surface area contributed by atoms with Gasteiger partial charge >= 0.3 is 0 Å². The fourth-order valence-electron chi connectivity index (χ4n) is 3.95. The number of hydrogen-bond donors (Lipinski definition) is 0. The number of carbonyl (C=O) groups is 1. The van der Waals surface area contributed by atoms with Crippen molar-refractivity contribution >= 4 is 22.5 Å².